The first kappa shape index (κ1) is 13.0. The molecule has 4 nitrogen and oxygen atoms in total. The lowest BCUT2D eigenvalue weighted by Gasteiger charge is -1.96. The Morgan fingerprint density at radius 2 is 1.57 bits per heavy atom. The van der Waals surface area contributed by atoms with Gasteiger partial charge in [0.2, 0.25) is 0 Å². The highest BCUT2D eigenvalue weighted by molar-refractivity contribution is 6.14. The average Bonchev–Trinajstić information content (AvgIpc) is 3.00. The molecule has 1 aliphatic rings. The lowest BCUT2D eigenvalue weighted by atomic mass is 10.1. The minimum Gasteiger partial charge on any atom is -0.361 e. The third kappa shape index (κ3) is 2.79. The third-order valence-electron chi connectivity index (χ3n) is 3.13. The summed E-state index contributed by atoms with van der Waals surface area (Å²) in [6.07, 6.45) is 8.78. The number of hydrogen-bond donors (Lipinski definition) is 1. The van der Waals surface area contributed by atoms with Gasteiger partial charge in [-0.05, 0) is 42.5 Å². The number of carbonyl (C=O) groups is 2. The van der Waals surface area contributed by atoms with Crippen LogP contribution in [-0.4, -0.2) is 21.5 Å². The predicted molar refractivity (Wildman–Crippen MR) is 81.9 cm³/mol. The summed E-state index contributed by atoms with van der Waals surface area (Å²) in [6.45, 7) is 0. The van der Waals surface area contributed by atoms with E-state index in [9.17, 15) is 9.59 Å². The number of ketones is 2. The van der Waals surface area contributed by atoms with E-state index in [-0.39, 0.29) is 11.6 Å². The van der Waals surface area contributed by atoms with Crippen LogP contribution in [0, 0.1) is 0 Å². The molecule has 0 atom stereocenters. The normalized spacial score (nSPS) is 13.5. The minimum atomic E-state index is -0.121. The van der Waals surface area contributed by atoms with E-state index in [1.165, 1.54) is 35.1 Å². The summed E-state index contributed by atoms with van der Waals surface area (Å²) in [6, 6.07) is 10.3. The summed E-state index contributed by atoms with van der Waals surface area (Å²) in [4.78, 5) is 28.1. The molecule has 0 amide bonds. The Kier molecular flexibility index (Phi) is 3.43. The van der Waals surface area contributed by atoms with E-state index in [1.54, 1.807) is 0 Å². The van der Waals surface area contributed by atoms with Crippen LogP contribution >= 0.6 is 0 Å². The first-order valence-corrected chi connectivity index (χ1v) is 6.49. The Morgan fingerprint density at radius 1 is 0.857 bits per heavy atom. The van der Waals surface area contributed by atoms with Crippen LogP contribution in [0.2, 0.25) is 0 Å². The summed E-state index contributed by atoms with van der Waals surface area (Å²) < 4.78 is 0. The van der Waals surface area contributed by atoms with Gasteiger partial charge in [-0.15, -0.1) is 0 Å². The quantitative estimate of drug-likeness (QED) is 0.642. The molecule has 0 spiro atoms. The van der Waals surface area contributed by atoms with Crippen molar-refractivity contribution in [1.82, 2.24) is 9.97 Å². The number of benzene rings is 1. The molecule has 21 heavy (non-hydrogen) atoms. The average molecular weight is 276 g/mol. The van der Waals surface area contributed by atoms with Crippen LogP contribution in [-0.2, 0) is 9.59 Å². The van der Waals surface area contributed by atoms with Gasteiger partial charge >= 0.3 is 0 Å². The van der Waals surface area contributed by atoms with Gasteiger partial charge in [0.05, 0.1) is 5.52 Å². The number of allylic oxidation sites excluding steroid dienone is 4. The second kappa shape index (κ2) is 5.54. The Balaban J connectivity index is 0.000000143. The Morgan fingerprint density at radius 3 is 2.29 bits per heavy atom. The molecule has 2 aromatic heterocycles. The zero-order valence-corrected chi connectivity index (χ0v) is 11.1. The van der Waals surface area contributed by atoms with Crippen molar-refractivity contribution < 1.29 is 9.59 Å². The van der Waals surface area contributed by atoms with Crippen molar-refractivity contribution in [3.05, 3.63) is 67.0 Å². The monoisotopic (exact) mass is 276 g/mol. The zero-order valence-electron chi connectivity index (χ0n) is 11.1. The van der Waals surface area contributed by atoms with Crippen LogP contribution in [0.25, 0.3) is 21.8 Å². The van der Waals surface area contributed by atoms with Crippen LogP contribution < -0.4 is 0 Å². The summed E-state index contributed by atoms with van der Waals surface area (Å²) in [5.74, 6) is -0.241. The lowest BCUT2D eigenvalue weighted by Crippen LogP contribution is -1.97. The van der Waals surface area contributed by atoms with Crippen molar-refractivity contribution in [3.8, 4) is 0 Å². The van der Waals surface area contributed by atoms with Crippen molar-refractivity contribution in [2.24, 2.45) is 0 Å². The van der Waals surface area contributed by atoms with Gasteiger partial charge in [0.15, 0.2) is 11.6 Å². The molecule has 2 heterocycles. The number of rotatable bonds is 0. The number of aromatic nitrogens is 2. The molecular weight excluding hydrogens is 264 g/mol. The van der Waals surface area contributed by atoms with E-state index in [0.29, 0.717) is 0 Å². The molecule has 3 aromatic rings. The van der Waals surface area contributed by atoms with Gasteiger partial charge in [-0.3, -0.25) is 14.6 Å². The number of H-pyrrole nitrogens is 1. The Hall–Kier alpha value is -3.01. The molecule has 0 bridgehead atoms. The minimum absolute atomic E-state index is 0.121. The number of hydrogen-bond acceptors (Lipinski definition) is 3. The summed E-state index contributed by atoms with van der Waals surface area (Å²) >= 11 is 0. The highest BCUT2D eigenvalue weighted by Crippen LogP contribution is 2.21. The molecular formula is C17H12N2O2. The van der Waals surface area contributed by atoms with Crippen LogP contribution in [0.5, 0.6) is 0 Å². The third-order valence-corrected chi connectivity index (χ3v) is 3.13. The van der Waals surface area contributed by atoms with Gasteiger partial charge in [0, 0.05) is 28.7 Å². The second-order valence-electron chi connectivity index (χ2n) is 4.55. The maximum atomic E-state index is 10.3. The number of fused-ring (bicyclic) bond motifs is 3. The molecule has 0 unspecified atom stereocenters. The first-order chi connectivity index (χ1) is 10.2. The largest absolute Gasteiger partial charge is 0.361 e. The van der Waals surface area contributed by atoms with E-state index in [2.05, 4.69) is 34.2 Å². The zero-order chi connectivity index (χ0) is 14.7. The Labute approximate surface area is 120 Å². The van der Waals surface area contributed by atoms with Crippen molar-refractivity contribution >= 4 is 33.4 Å². The van der Waals surface area contributed by atoms with Gasteiger partial charge in [-0.1, -0.05) is 12.1 Å². The number of aromatic amines is 1. The van der Waals surface area contributed by atoms with Crippen LogP contribution in [0.4, 0.5) is 0 Å². The van der Waals surface area contributed by atoms with E-state index in [4.69, 9.17) is 0 Å². The van der Waals surface area contributed by atoms with Gasteiger partial charge in [0.25, 0.3) is 0 Å². The predicted octanol–water partition coefficient (Wildman–Crippen LogP) is 2.97. The molecule has 102 valence electrons. The summed E-state index contributed by atoms with van der Waals surface area (Å²) in [5.41, 5.74) is 2.22. The molecule has 0 saturated carbocycles. The molecule has 1 N–H and O–H groups in total. The number of carbonyl (C=O) groups excluding carboxylic acids is 2. The molecule has 0 radical (unpaired) electrons. The molecule has 1 aromatic carbocycles. The van der Waals surface area contributed by atoms with Crippen molar-refractivity contribution in [3.63, 3.8) is 0 Å². The summed E-state index contributed by atoms with van der Waals surface area (Å²) in [5, 5.41) is 2.38. The summed E-state index contributed by atoms with van der Waals surface area (Å²) in [7, 11) is 0. The van der Waals surface area contributed by atoms with E-state index >= 15 is 0 Å². The van der Waals surface area contributed by atoms with Gasteiger partial charge < -0.3 is 4.98 Å². The van der Waals surface area contributed by atoms with Crippen molar-refractivity contribution in [1.29, 1.82) is 0 Å². The highest BCUT2D eigenvalue weighted by Gasteiger charge is 2.00. The van der Waals surface area contributed by atoms with E-state index < -0.39 is 0 Å². The van der Waals surface area contributed by atoms with E-state index in [1.807, 2.05) is 18.5 Å². The van der Waals surface area contributed by atoms with Gasteiger partial charge in [-0.25, -0.2) is 0 Å². The molecule has 0 aliphatic heterocycles. The van der Waals surface area contributed by atoms with Crippen LogP contribution in [0.15, 0.2) is 67.0 Å². The molecule has 4 rings (SSSR count). The fourth-order valence-corrected chi connectivity index (χ4v) is 2.12. The maximum absolute atomic E-state index is 10.3. The smallest absolute Gasteiger partial charge is 0.178 e. The molecule has 1 aliphatic carbocycles. The molecule has 0 fully saturated rings. The van der Waals surface area contributed by atoms with Gasteiger partial charge in [0.1, 0.15) is 0 Å². The number of pyridine rings is 1. The Bertz CT molecular complexity index is 850. The first-order valence-electron chi connectivity index (χ1n) is 6.49. The number of nitrogens with zero attached hydrogens (tertiary/aromatic N) is 1. The SMILES string of the molecule is O=C1C=CC(=O)C=C1.c1cnc2c(c1)ccc1[nH]ccc12. The topological polar surface area (TPSA) is 62.8 Å². The van der Waals surface area contributed by atoms with Crippen molar-refractivity contribution in [2.45, 2.75) is 0 Å². The fourth-order valence-electron chi connectivity index (χ4n) is 2.12. The fraction of sp³-hybridized carbons (Fsp3) is 0. The van der Waals surface area contributed by atoms with Crippen LogP contribution in [0.1, 0.15) is 0 Å². The second-order valence-corrected chi connectivity index (χ2v) is 4.55. The van der Waals surface area contributed by atoms with Gasteiger partial charge in [-0.2, -0.15) is 0 Å². The maximum Gasteiger partial charge on any atom is 0.178 e. The standard InChI is InChI=1S/C11H8N2.C6H4O2/c1-2-8-3-4-10-9(5-7-12-10)11(8)13-6-1;7-5-1-2-6(8)4-3-5/h1-7,12H;1-4H. The lowest BCUT2D eigenvalue weighted by molar-refractivity contribution is -0.113. The highest BCUT2D eigenvalue weighted by atomic mass is 16.1. The van der Waals surface area contributed by atoms with Crippen molar-refractivity contribution in [2.75, 3.05) is 0 Å². The molecule has 4 heteroatoms. The number of nitrogens with one attached hydrogen (secondary N) is 1. The van der Waals surface area contributed by atoms with Crippen LogP contribution in [0.3, 0.4) is 0 Å². The molecule has 0 saturated heterocycles. The van der Waals surface area contributed by atoms with E-state index in [0.717, 1.165) is 11.0 Å².